The fourth-order valence-corrected chi connectivity index (χ4v) is 7.70. The van der Waals surface area contributed by atoms with Gasteiger partial charge in [0.15, 0.2) is 0 Å². The largest absolute Gasteiger partial charge is 0.399 e. The van der Waals surface area contributed by atoms with E-state index < -0.39 is 14.1 Å². The van der Waals surface area contributed by atoms with Crippen molar-refractivity contribution < 1.29 is 22.5 Å². The number of unbranched alkanes of at least 4 members (excludes halogenated alkanes) is 1. The van der Waals surface area contributed by atoms with Crippen LogP contribution in [0, 0.1) is 0 Å². The molecule has 1 aromatic heterocycles. The van der Waals surface area contributed by atoms with Crippen molar-refractivity contribution in [3.63, 3.8) is 0 Å². The minimum absolute atomic E-state index is 0.178. The van der Waals surface area contributed by atoms with Gasteiger partial charge in [0.05, 0.1) is 17.7 Å². The second-order valence-electron chi connectivity index (χ2n) is 13.0. The summed E-state index contributed by atoms with van der Waals surface area (Å²) >= 11 is 0. The van der Waals surface area contributed by atoms with Gasteiger partial charge >= 0.3 is 8.24 Å². The number of carbonyl (C=O) groups excluding carboxylic acids is 2. The molecule has 0 aliphatic rings. The molecular weight excluding hydrogens is 679 g/mol. The Kier molecular flexibility index (Phi) is 9.76. The molecule has 0 saturated heterocycles. The molecule has 0 unspecified atom stereocenters. The van der Waals surface area contributed by atoms with Gasteiger partial charge < -0.3 is 19.0 Å². The first-order chi connectivity index (χ1) is 26.0. The lowest BCUT2D eigenvalue weighted by Gasteiger charge is -2.12. The van der Waals surface area contributed by atoms with Crippen LogP contribution in [0.1, 0.15) is 51.6 Å². The van der Waals surface area contributed by atoms with Crippen LogP contribution < -0.4 is 15.2 Å². The van der Waals surface area contributed by atoms with Crippen LogP contribution in [0.5, 0.6) is 0 Å². The van der Waals surface area contributed by atoms with Crippen molar-refractivity contribution in [2.24, 2.45) is 0 Å². The third-order valence-corrected chi connectivity index (χ3v) is 10.4. The SMILES string of the molecule is CCCCc1ccc(NC(=O)c2ccccc2C(=O)Nc2cccc(COp3oc4ccc5ccccc5c4c4c(ccc5ccccc54)o3)c2)cc1. The fraction of sp³-hybridized carbons (Fsp3) is 0.111. The monoisotopic (exact) mass is 716 g/mol. The van der Waals surface area contributed by atoms with E-state index in [0.29, 0.717) is 22.5 Å². The maximum atomic E-state index is 13.6. The summed E-state index contributed by atoms with van der Waals surface area (Å²) in [5.41, 5.74) is 5.22. The molecule has 0 bridgehead atoms. The second-order valence-corrected chi connectivity index (χ2v) is 14.0. The normalized spacial score (nSPS) is 11.3. The second kappa shape index (κ2) is 15.2. The van der Waals surface area contributed by atoms with Gasteiger partial charge in [0.25, 0.3) is 11.8 Å². The molecular formula is C45H37N2O5P. The van der Waals surface area contributed by atoms with E-state index in [-0.39, 0.29) is 23.6 Å². The van der Waals surface area contributed by atoms with Gasteiger partial charge in [-0.1, -0.05) is 110 Å². The zero-order chi connectivity index (χ0) is 36.1. The zero-order valence-corrected chi connectivity index (χ0v) is 30.1. The van der Waals surface area contributed by atoms with Crippen molar-refractivity contribution in [3.05, 3.63) is 168 Å². The molecule has 0 fully saturated rings. The van der Waals surface area contributed by atoms with E-state index in [1.165, 1.54) is 5.56 Å². The highest BCUT2D eigenvalue weighted by molar-refractivity contribution is 7.31. The minimum Gasteiger partial charge on any atom is -0.399 e. The summed E-state index contributed by atoms with van der Waals surface area (Å²) in [5, 5.41) is 12.2. The average molecular weight is 717 g/mol. The van der Waals surface area contributed by atoms with Crippen molar-refractivity contribution >= 4 is 74.9 Å². The third kappa shape index (κ3) is 7.31. The number of fused-ring (bicyclic) bond motifs is 7. The molecule has 0 spiro atoms. The number of nitrogens with one attached hydrogen (secondary N) is 2. The van der Waals surface area contributed by atoms with E-state index in [9.17, 15) is 9.59 Å². The highest BCUT2D eigenvalue weighted by atomic mass is 31.1. The van der Waals surface area contributed by atoms with Crippen LogP contribution in [-0.2, 0) is 13.0 Å². The molecule has 8 rings (SSSR count). The number of rotatable bonds is 10. The van der Waals surface area contributed by atoms with Gasteiger partial charge in [-0.25, -0.2) is 0 Å². The molecule has 8 aromatic rings. The van der Waals surface area contributed by atoms with Crippen LogP contribution >= 0.6 is 8.24 Å². The smallest absolute Gasteiger partial charge is 0.387 e. The first kappa shape index (κ1) is 34.0. The summed E-state index contributed by atoms with van der Waals surface area (Å²) in [7, 11) is -1.84. The first-order valence-corrected chi connectivity index (χ1v) is 18.9. The Morgan fingerprint density at radius 1 is 0.585 bits per heavy atom. The molecule has 2 amide bonds. The Labute approximate surface area is 307 Å². The minimum atomic E-state index is -1.84. The number of anilines is 2. The Morgan fingerprint density at radius 3 is 1.75 bits per heavy atom. The summed E-state index contributed by atoms with van der Waals surface area (Å²) < 4.78 is 19.3. The van der Waals surface area contributed by atoms with E-state index in [1.54, 1.807) is 30.3 Å². The fourth-order valence-electron chi connectivity index (χ4n) is 6.68. The molecule has 2 N–H and O–H groups in total. The molecule has 7 aromatic carbocycles. The molecule has 0 radical (unpaired) electrons. The Hall–Kier alpha value is -6.14. The average Bonchev–Trinajstić information content (AvgIpc) is 3.37. The van der Waals surface area contributed by atoms with Gasteiger partial charge in [0.2, 0.25) is 0 Å². The van der Waals surface area contributed by atoms with E-state index in [1.807, 2.05) is 78.9 Å². The van der Waals surface area contributed by atoms with E-state index in [0.717, 1.165) is 57.1 Å². The maximum absolute atomic E-state index is 13.6. The maximum Gasteiger partial charge on any atom is 0.387 e. The molecule has 1 heterocycles. The summed E-state index contributed by atoms with van der Waals surface area (Å²) in [5.74, 6) is -0.745. The Bertz CT molecular complexity index is 2570. The number of hydrogen-bond donors (Lipinski definition) is 2. The third-order valence-electron chi connectivity index (χ3n) is 9.35. The quantitative estimate of drug-likeness (QED) is 0.147. The van der Waals surface area contributed by atoms with Crippen LogP contribution in [0.15, 0.2) is 154 Å². The lowest BCUT2D eigenvalue weighted by molar-refractivity contribution is 0.0990. The lowest BCUT2D eigenvalue weighted by Crippen LogP contribution is -2.20. The van der Waals surface area contributed by atoms with Crippen molar-refractivity contribution in [1.29, 1.82) is 0 Å². The first-order valence-electron chi connectivity index (χ1n) is 17.8. The van der Waals surface area contributed by atoms with Gasteiger partial charge in [-0.2, -0.15) is 0 Å². The summed E-state index contributed by atoms with van der Waals surface area (Å²) in [4.78, 5) is 26.9. The van der Waals surface area contributed by atoms with Crippen molar-refractivity contribution in [3.8, 4) is 0 Å². The number of aryl methyl sites for hydroxylation is 1. The van der Waals surface area contributed by atoms with Gasteiger partial charge in [-0.3, -0.25) is 14.1 Å². The topological polar surface area (TPSA) is 93.7 Å². The molecule has 0 atom stereocenters. The van der Waals surface area contributed by atoms with Gasteiger partial charge in [0, 0.05) is 22.1 Å². The molecule has 0 aliphatic heterocycles. The summed E-state index contributed by atoms with van der Waals surface area (Å²) in [6.07, 6.45) is 3.25. The number of benzene rings is 7. The Morgan fingerprint density at radius 2 is 1.15 bits per heavy atom. The van der Waals surface area contributed by atoms with Gasteiger partial charge in [-0.05, 0) is 94.0 Å². The van der Waals surface area contributed by atoms with Crippen LogP contribution in [-0.4, -0.2) is 11.8 Å². The highest BCUT2D eigenvalue weighted by Crippen LogP contribution is 2.40. The van der Waals surface area contributed by atoms with Crippen LogP contribution in [0.25, 0.3) is 43.5 Å². The number of carbonyl (C=O) groups is 2. The van der Waals surface area contributed by atoms with E-state index in [2.05, 4.69) is 54.0 Å². The number of hydrogen-bond acceptors (Lipinski definition) is 5. The lowest BCUT2D eigenvalue weighted by atomic mass is 9.99. The van der Waals surface area contributed by atoms with Crippen molar-refractivity contribution in [2.45, 2.75) is 32.8 Å². The van der Waals surface area contributed by atoms with Crippen molar-refractivity contribution in [1.82, 2.24) is 0 Å². The Balaban J connectivity index is 1.03. The predicted octanol–water partition coefficient (Wildman–Crippen LogP) is 12.1. The summed E-state index contributed by atoms with van der Waals surface area (Å²) in [6.45, 7) is 2.34. The van der Waals surface area contributed by atoms with E-state index >= 15 is 0 Å². The van der Waals surface area contributed by atoms with Gasteiger partial charge in [0.1, 0.15) is 11.2 Å². The molecule has 53 heavy (non-hydrogen) atoms. The van der Waals surface area contributed by atoms with Crippen LogP contribution in [0.4, 0.5) is 11.4 Å². The highest BCUT2D eigenvalue weighted by Gasteiger charge is 2.18. The van der Waals surface area contributed by atoms with E-state index in [4.69, 9.17) is 12.9 Å². The standard InChI is InChI=1S/C45H37N2O5P/c1-2-3-11-30-20-24-34(25-21-30)46-44(48)38-18-8-9-19-39(38)45(49)47-35-15-10-12-31(28-35)29-50-53-51-40-26-22-32-13-4-6-16-36(32)42(40)43-37-17-7-5-14-33(37)23-27-41(43)52-53/h4-10,12-28H,2-3,11,29H2,1H3,(H,46,48)(H,47,49). The molecule has 0 aliphatic carbocycles. The molecule has 0 saturated carbocycles. The van der Waals surface area contributed by atoms with Crippen LogP contribution in [0.2, 0.25) is 0 Å². The summed E-state index contributed by atoms with van der Waals surface area (Å²) in [6, 6.07) is 46.7. The molecule has 8 heteroatoms. The molecule has 7 nitrogen and oxygen atoms in total. The zero-order valence-electron chi connectivity index (χ0n) is 29.2. The van der Waals surface area contributed by atoms with Crippen molar-refractivity contribution in [2.75, 3.05) is 10.6 Å². The van der Waals surface area contributed by atoms with Gasteiger partial charge in [-0.15, -0.1) is 0 Å². The van der Waals surface area contributed by atoms with Crippen LogP contribution in [0.3, 0.4) is 0 Å². The predicted molar refractivity (Wildman–Crippen MR) is 215 cm³/mol. The molecule has 262 valence electrons. The number of amides is 2.